The van der Waals surface area contributed by atoms with Crippen molar-refractivity contribution in [2.45, 2.75) is 33.9 Å². The van der Waals surface area contributed by atoms with E-state index in [0.717, 1.165) is 0 Å². The van der Waals surface area contributed by atoms with Crippen molar-refractivity contribution in [3.63, 3.8) is 0 Å². The van der Waals surface area contributed by atoms with Crippen molar-refractivity contribution < 1.29 is 32.7 Å². The molecule has 0 N–H and O–H groups in total. The Morgan fingerprint density at radius 1 is 0.840 bits per heavy atom. The van der Waals surface area contributed by atoms with E-state index < -0.39 is 19.5 Å². The van der Waals surface area contributed by atoms with E-state index >= 15 is 0 Å². The molecule has 8 heteroatoms. The van der Waals surface area contributed by atoms with Crippen LogP contribution in [0.4, 0.5) is 0 Å². The number of hydrogen-bond donors (Lipinski definition) is 0. The van der Waals surface area contributed by atoms with Crippen molar-refractivity contribution in [3.05, 3.63) is 34.9 Å². The Hall–Kier alpha value is -1.69. The fourth-order valence-corrected chi connectivity index (χ4v) is 3.89. The first-order valence-electron chi connectivity index (χ1n) is 8.26. The van der Waals surface area contributed by atoms with Crippen LogP contribution in [-0.4, -0.2) is 38.4 Å². The summed E-state index contributed by atoms with van der Waals surface area (Å²) in [4.78, 5) is 24.2. The molecule has 1 rings (SSSR count). The van der Waals surface area contributed by atoms with E-state index in [2.05, 4.69) is 0 Å². The third-order valence-corrected chi connectivity index (χ3v) is 5.16. The SMILES string of the molecule is CCOC(=O)c1ccc(CP(=O)(OCC)OCC)cc1C(=O)OCC. The van der Waals surface area contributed by atoms with Crippen molar-refractivity contribution in [1.29, 1.82) is 0 Å². The summed E-state index contributed by atoms with van der Waals surface area (Å²) in [6.45, 7) is 7.63. The van der Waals surface area contributed by atoms with Crippen molar-refractivity contribution >= 4 is 19.5 Å². The second-order valence-electron chi connectivity index (χ2n) is 4.93. The molecule has 25 heavy (non-hydrogen) atoms. The standard InChI is InChI=1S/C17H25O7P/c1-5-21-16(18)14-10-9-13(11-15(14)17(19)22-6-2)12-25(20,23-7-3)24-8-4/h9-11H,5-8,12H2,1-4H3. The Balaban J connectivity index is 3.22. The van der Waals surface area contributed by atoms with Crippen molar-refractivity contribution in [2.24, 2.45) is 0 Å². The number of ether oxygens (including phenoxy) is 2. The average molecular weight is 372 g/mol. The summed E-state index contributed by atoms with van der Waals surface area (Å²) in [5.74, 6) is -1.26. The lowest BCUT2D eigenvalue weighted by Gasteiger charge is -2.17. The van der Waals surface area contributed by atoms with E-state index in [1.54, 1.807) is 33.8 Å². The van der Waals surface area contributed by atoms with Gasteiger partial charge >= 0.3 is 19.5 Å². The molecular weight excluding hydrogens is 347 g/mol. The molecule has 7 nitrogen and oxygen atoms in total. The van der Waals surface area contributed by atoms with E-state index in [1.807, 2.05) is 0 Å². The molecule has 0 saturated carbocycles. The molecule has 0 bridgehead atoms. The van der Waals surface area contributed by atoms with Gasteiger partial charge in [0.15, 0.2) is 0 Å². The first-order valence-corrected chi connectivity index (χ1v) is 9.98. The molecule has 0 aromatic heterocycles. The van der Waals surface area contributed by atoms with Crippen LogP contribution in [0.25, 0.3) is 0 Å². The number of hydrogen-bond acceptors (Lipinski definition) is 7. The molecule has 0 aliphatic carbocycles. The maximum absolute atomic E-state index is 12.7. The van der Waals surface area contributed by atoms with E-state index in [9.17, 15) is 14.2 Å². The number of rotatable bonds is 10. The van der Waals surface area contributed by atoms with Gasteiger partial charge in [0, 0.05) is 0 Å². The van der Waals surface area contributed by atoms with Gasteiger partial charge in [-0.15, -0.1) is 0 Å². The zero-order valence-electron chi connectivity index (χ0n) is 15.1. The molecule has 0 radical (unpaired) electrons. The monoisotopic (exact) mass is 372 g/mol. The van der Waals surface area contributed by atoms with Crippen LogP contribution in [0, 0.1) is 0 Å². The van der Waals surface area contributed by atoms with Crippen molar-refractivity contribution in [3.8, 4) is 0 Å². The van der Waals surface area contributed by atoms with E-state index in [0.29, 0.717) is 5.56 Å². The summed E-state index contributed by atoms with van der Waals surface area (Å²) in [5.41, 5.74) is 0.713. The van der Waals surface area contributed by atoms with Gasteiger partial charge in [-0.2, -0.15) is 0 Å². The Kier molecular flexibility index (Phi) is 8.83. The number of carbonyl (C=O) groups excluding carboxylic acids is 2. The summed E-state index contributed by atoms with van der Waals surface area (Å²) in [7, 11) is -3.33. The summed E-state index contributed by atoms with van der Waals surface area (Å²) in [6.07, 6.45) is -0.00973. The Morgan fingerprint density at radius 2 is 1.36 bits per heavy atom. The van der Waals surface area contributed by atoms with Crippen LogP contribution in [0.1, 0.15) is 54.0 Å². The zero-order valence-corrected chi connectivity index (χ0v) is 16.0. The minimum Gasteiger partial charge on any atom is -0.462 e. The highest BCUT2D eigenvalue weighted by Gasteiger charge is 2.26. The molecule has 0 heterocycles. The largest absolute Gasteiger partial charge is 0.462 e. The molecule has 0 aliphatic heterocycles. The molecule has 0 spiro atoms. The van der Waals surface area contributed by atoms with Gasteiger partial charge in [-0.05, 0) is 45.4 Å². The number of benzene rings is 1. The van der Waals surface area contributed by atoms with E-state index in [-0.39, 0.29) is 43.7 Å². The van der Waals surface area contributed by atoms with Crippen LogP contribution < -0.4 is 0 Å². The summed E-state index contributed by atoms with van der Waals surface area (Å²) >= 11 is 0. The molecule has 0 amide bonds. The highest BCUT2D eigenvalue weighted by Crippen LogP contribution is 2.51. The summed E-state index contributed by atoms with van der Waals surface area (Å²) < 4.78 is 33.1. The van der Waals surface area contributed by atoms with Crippen molar-refractivity contribution in [1.82, 2.24) is 0 Å². The van der Waals surface area contributed by atoms with Gasteiger partial charge in [0.1, 0.15) is 0 Å². The average Bonchev–Trinajstić information content (AvgIpc) is 2.55. The maximum Gasteiger partial charge on any atom is 0.339 e. The van der Waals surface area contributed by atoms with E-state index in [1.165, 1.54) is 12.1 Å². The molecule has 0 saturated heterocycles. The first-order chi connectivity index (χ1) is 11.9. The molecule has 140 valence electrons. The lowest BCUT2D eigenvalue weighted by atomic mass is 10.0. The van der Waals surface area contributed by atoms with Gasteiger partial charge in [-0.1, -0.05) is 6.07 Å². The lowest BCUT2D eigenvalue weighted by molar-refractivity contribution is 0.0479. The van der Waals surface area contributed by atoms with Gasteiger partial charge in [0.2, 0.25) is 0 Å². The minimum atomic E-state index is -3.33. The number of esters is 2. The second kappa shape index (κ2) is 10.3. The second-order valence-corrected chi connectivity index (χ2v) is 6.98. The Labute approximate surface area is 148 Å². The van der Waals surface area contributed by atoms with Crippen LogP contribution in [-0.2, 0) is 29.2 Å². The predicted octanol–water partition coefficient (Wildman–Crippen LogP) is 3.81. The highest BCUT2D eigenvalue weighted by atomic mass is 31.2. The molecular formula is C17H25O7P. The highest BCUT2D eigenvalue weighted by molar-refractivity contribution is 7.53. The predicted molar refractivity (Wildman–Crippen MR) is 92.9 cm³/mol. The van der Waals surface area contributed by atoms with Gasteiger partial charge in [0.25, 0.3) is 0 Å². The third-order valence-electron chi connectivity index (χ3n) is 3.10. The van der Waals surface area contributed by atoms with Crippen LogP contribution >= 0.6 is 7.60 Å². The van der Waals surface area contributed by atoms with Gasteiger partial charge in [-0.25, -0.2) is 9.59 Å². The van der Waals surface area contributed by atoms with Gasteiger partial charge in [-0.3, -0.25) is 4.57 Å². The van der Waals surface area contributed by atoms with Crippen LogP contribution in [0.15, 0.2) is 18.2 Å². The molecule has 0 unspecified atom stereocenters. The molecule has 0 atom stereocenters. The molecule has 1 aromatic rings. The van der Waals surface area contributed by atoms with Crippen LogP contribution in [0.3, 0.4) is 0 Å². The normalized spacial score (nSPS) is 11.2. The Morgan fingerprint density at radius 3 is 1.84 bits per heavy atom. The first kappa shape index (κ1) is 21.4. The summed E-state index contributed by atoms with van der Waals surface area (Å²) in [5, 5.41) is 0. The third kappa shape index (κ3) is 6.27. The maximum atomic E-state index is 12.7. The minimum absolute atomic E-state index is 0.00973. The van der Waals surface area contributed by atoms with Gasteiger partial charge in [0.05, 0.1) is 43.7 Å². The fraction of sp³-hybridized carbons (Fsp3) is 0.529. The van der Waals surface area contributed by atoms with E-state index in [4.69, 9.17) is 18.5 Å². The smallest absolute Gasteiger partial charge is 0.339 e. The fourth-order valence-electron chi connectivity index (χ4n) is 2.20. The van der Waals surface area contributed by atoms with Crippen LogP contribution in [0.5, 0.6) is 0 Å². The molecule has 0 aliphatic rings. The lowest BCUT2D eigenvalue weighted by Crippen LogP contribution is -2.14. The van der Waals surface area contributed by atoms with Crippen LogP contribution in [0.2, 0.25) is 0 Å². The quantitative estimate of drug-likeness (QED) is 0.456. The topological polar surface area (TPSA) is 88.1 Å². The molecule has 0 fully saturated rings. The zero-order chi connectivity index (χ0) is 18.9. The summed E-state index contributed by atoms with van der Waals surface area (Å²) in [6, 6.07) is 4.52. The van der Waals surface area contributed by atoms with Crippen molar-refractivity contribution in [2.75, 3.05) is 26.4 Å². The Bertz CT molecular complexity index is 632. The number of carbonyl (C=O) groups is 2. The van der Waals surface area contributed by atoms with Gasteiger partial charge < -0.3 is 18.5 Å². The molecule has 1 aromatic carbocycles.